The summed E-state index contributed by atoms with van der Waals surface area (Å²) in [4.78, 5) is 16.8. The summed E-state index contributed by atoms with van der Waals surface area (Å²) in [7, 11) is 2.08. The van der Waals surface area contributed by atoms with Crippen LogP contribution in [0.4, 0.5) is 0 Å². The second-order valence-electron chi connectivity index (χ2n) is 6.32. The molecule has 3 rings (SSSR count). The summed E-state index contributed by atoms with van der Waals surface area (Å²) in [5.41, 5.74) is 1.95. The zero-order valence-corrected chi connectivity index (χ0v) is 16.0. The highest BCUT2D eigenvalue weighted by Gasteiger charge is 2.21. The van der Waals surface area contributed by atoms with Crippen molar-refractivity contribution >= 4 is 21.8 Å². The molecule has 5 heteroatoms. The number of amides is 1. The van der Waals surface area contributed by atoms with Gasteiger partial charge in [-0.05, 0) is 46.7 Å². The van der Waals surface area contributed by atoms with Crippen molar-refractivity contribution in [2.45, 2.75) is 6.42 Å². The quantitative estimate of drug-likeness (QED) is 0.767. The fraction of sp³-hybridized carbons (Fsp3) is 0.350. The molecule has 4 nitrogen and oxygen atoms in total. The predicted molar refractivity (Wildman–Crippen MR) is 103 cm³/mol. The van der Waals surface area contributed by atoms with Crippen molar-refractivity contribution in [3.05, 3.63) is 64.1 Å². The number of carbonyl (C=O) groups excluding carboxylic acids is 1. The number of piperazine rings is 1. The molecule has 132 valence electrons. The van der Waals surface area contributed by atoms with Crippen LogP contribution in [-0.2, 0) is 6.42 Å². The van der Waals surface area contributed by atoms with Gasteiger partial charge in [-0.1, -0.05) is 30.3 Å². The Morgan fingerprint density at radius 1 is 1.08 bits per heavy atom. The van der Waals surface area contributed by atoms with Crippen molar-refractivity contribution in [3.63, 3.8) is 0 Å². The molecule has 0 unspecified atom stereocenters. The van der Waals surface area contributed by atoms with Crippen LogP contribution < -0.4 is 4.74 Å². The molecule has 2 aromatic carbocycles. The van der Waals surface area contributed by atoms with E-state index in [0.29, 0.717) is 12.2 Å². The Balaban J connectivity index is 1.57. The highest BCUT2D eigenvalue weighted by atomic mass is 79.9. The first-order valence-corrected chi connectivity index (χ1v) is 9.37. The van der Waals surface area contributed by atoms with E-state index < -0.39 is 0 Å². The van der Waals surface area contributed by atoms with Gasteiger partial charge in [0.1, 0.15) is 5.75 Å². The maximum atomic E-state index is 12.6. The molecule has 0 N–H and O–H groups in total. The lowest BCUT2D eigenvalue weighted by molar-refractivity contribution is 0.0664. The molecule has 25 heavy (non-hydrogen) atoms. The van der Waals surface area contributed by atoms with Gasteiger partial charge in [0.2, 0.25) is 0 Å². The fourth-order valence-electron chi connectivity index (χ4n) is 2.87. The van der Waals surface area contributed by atoms with E-state index in [-0.39, 0.29) is 5.91 Å². The van der Waals surface area contributed by atoms with Crippen molar-refractivity contribution in [2.24, 2.45) is 0 Å². The van der Waals surface area contributed by atoms with Crippen LogP contribution in [0.25, 0.3) is 0 Å². The third-order valence-corrected chi connectivity index (χ3v) is 5.08. The molecule has 2 aromatic rings. The monoisotopic (exact) mass is 402 g/mol. The largest absolute Gasteiger partial charge is 0.492 e. The van der Waals surface area contributed by atoms with Crippen LogP contribution in [0.3, 0.4) is 0 Å². The van der Waals surface area contributed by atoms with Crippen molar-refractivity contribution in [2.75, 3.05) is 39.8 Å². The Hall–Kier alpha value is -1.85. The fourth-order valence-corrected chi connectivity index (χ4v) is 3.36. The number of likely N-dealkylation sites (N-methyl/N-ethyl adjacent to an activating group) is 1. The third-order valence-electron chi connectivity index (χ3n) is 4.46. The molecule has 0 bridgehead atoms. The van der Waals surface area contributed by atoms with Gasteiger partial charge in [0.05, 0.1) is 11.1 Å². The Kier molecular flexibility index (Phi) is 6.10. The van der Waals surface area contributed by atoms with Gasteiger partial charge < -0.3 is 14.5 Å². The first-order valence-electron chi connectivity index (χ1n) is 8.57. The Bertz CT molecular complexity index is 713. The SMILES string of the molecule is CN1CCN(C(=O)c2ccc(OCCc3ccccc3)c(Br)c2)CC1. The summed E-state index contributed by atoms with van der Waals surface area (Å²) < 4.78 is 6.68. The van der Waals surface area contributed by atoms with E-state index in [4.69, 9.17) is 4.74 Å². The maximum Gasteiger partial charge on any atom is 0.253 e. The molecule has 0 radical (unpaired) electrons. The summed E-state index contributed by atoms with van der Waals surface area (Å²) in [5, 5.41) is 0. The second-order valence-corrected chi connectivity index (χ2v) is 7.18. The highest BCUT2D eigenvalue weighted by molar-refractivity contribution is 9.10. The molecule has 0 saturated carbocycles. The van der Waals surface area contributed by atoms with Crippen LogP contribution in [-0.4, -0.2) is 55.5 Å². The Morgan fingerprint density at radius 3 is 2.48 bits per heavy atom. The van der Waals surface area contributed by atoms with E-state index in [1.54, 1.807) is 0 Å². The summed E-state index contributed by atoms with van der Waals surface area (Å²) in [5.74, 6) is 0.857. The van der Waals surface area contributed by atoms with Crippen LogP contribution >= 0.6 is 15.9 Å². The number of ether oxygens (including phenoxy) is 1. The van der Waals surface area contributed by atoms with Crippen molar-refractivity contribution in [3.8, 4) is 5.75 Å². The lowest BCUT2D eigenvalue weighted by atomic mass is 10.1. The van der Waals surface area contributed by atoms with Crippen molar-refractivity contribution in [1.29, 1.82) is 0 Å². The van der Waals surface area contributed by atoms with Gasteiger partial charge in [-0.2, -0.15) is 0 Å². The van der Waals surface area contributed by atoms with E-state index in [0.717, 1.165) is 42.8 Å². The molecule has 0 aromatic heterocycles. The summed E-state index contributed by atoms with van der Waals surface area (Å²) in [6, 6.07) is 15.8. The van der Waals surface area contributed by atoms with Crippen LogP contribution in [0.15, 0.2) is 53.0 Å². The summed E-state index contributed by atoms with van der Waals surface area (Å²) >= 11 is 3.53. The van der Waals surface area contributed by atoms with Crippen LogP contribution in [0.1, 0.15) is 15.9 Å². The Morgan fingerprint density at radius 2 is 1.80 bits per heavy atom. The molecule has 1 heterocycles. The number of benzene rings is 2. The van der Waals surface area contributed by atoms with E-state index >= 15 is 0 Å². The average molecular weight is 403 g/mol. The van der Waals surface area contributed by atoms with Gasteiger partial charge in [0, 0.05) is 38.2 Å². The normalized spacial score (nSPS) is 15.2. The molecule has 1 saturated heterocycles. The molecule has 1 aliphatic heterocycles. The molecule has 1 amide bonds. The molecule has 1 aliphatic rings. The number of hydrogen-bond acceptors (Lipinski definition) is 3. The molecular formula is C20H23BrN2O2. The molecule has 0 spiro atoms. The third kappa shape index (κ3) is 4.83. The topological polar surface area (TPSA) is 32.8 Å². The van der Waals surface area contributed by atoms with Gasteiger partial charge in [-0.3, -0.25) is 4.79 Å². The van der Waals surface area contributed by atoms with Crippen molar-refractivity contribution in [1.82, 2.24) is 9.80 Å². The van der Waals surface area contributed by atoms with Gasteiger partial charge in [0.15, 0.2) is 0 Å². The zero-order valence-electron chi connectivity index (χ0n) is 14.5. The van der Waals surface area contributed by atoms with Crippen LogP contribution in [0, 0.1) is 0 Å². The standard InChI is InChI=1S/C20H23BrN2O2/c1-22-10-12-23(13-11-22)20(24)17-7-8-19(18(21)15-17)25-14-9-16-5-3-2-4-6-16/h2-8,15H,9-14H2,1H3. The molecular weight excluding hydrogens is 380 g/mol. The predicted octanol–water partition coefficient (Wildman–Crippen LogP) is 3.46. The Labute approximate surface area is 157 Å². The van der Waals surface area contributed by atoms with E-state index in [2.05, 4.69) is 40.0 Å². The minimum absolute atomic E-state index is 0.0876. The van der Waals surface area contributed by atoms with Gasteiger partial charge >= 0.3 is 0 Å². The summed E-state index contributed by atoms with van der Waals surface area (Å²) in [6.07, 6.45) is 0.856. The zero-order chi connectivity index (χ0) is 17.6. The van der Waals surface area contributed by atoms with Gasteiger partial charge in [0.25, 0.3) is 5.91 Å². The van der Waals surface area contributed by atoms with Crippen molar-refractivity contribution < 1.29 is 9.53 Å². The first-order chi connectivity index (χ1) is 12.1. The average Bonchev–Trinajstić information content (AvgIpc) is 2.64. The minimum Gasteiger partial charge on any atom is -0.492 e. The minimum atomic E-state index is 0.0876. The van der Waals surface area contributed by atoms with Crippen LogP contribution in [0.2, 0.25) is 0 Å². The molecule has 0 atom stereocenters. The second kappa shape index (κ2) is 8.50. The molecule has 1 fully saturated rings. The van der Waals surface area contributed by atoms with E-state index in [1.807, 2.05) is 41.3 Å². The maximum absolute atomic E-state index is 12.6. The smallest absolute Gasteiger partial charge is 0.253 e. The van der Waals surface area contributed by atoms with E-state index in [1.165, 1.54) is 5.56 Å². The number of rotatable bonds is 5. The number of hydrogen-bond donors (Lipinski definition) is 0. The highest BCUT2D eigenvalue weighted by Crippen LogP contribution is 2.27. The lowest BCUT2D eigenvalue weighted by Crippen LogP contribution is -2.47. The van der Waals surface area contributed by atoms with E-state index in [9.17, 15) is 4.79 Å². The van der Waals surface area contributed by atoms with Gasteiger partial charge in [-0.25, -0.2) is 0 Å². The number of halogens is 1. The lowest BCUT2D eigenvalue weighted by Gasteiger charge is -2.32. The summed E-state index contributed by atoms with van der Waals surface area (Å²) in [6.45, 7) is 4.01. The number of carbonyl (C=O) groups is 1. The van der Waals surface area contributed by atoms with Gasteiger partial charge in [-0.15, -0.1) is 0 Å². The number of nitrogens with zero attached hydrogens (tertiary/aromatic N) is 2. The molecule has 0 aliphatic carbocycles. The first kappa shape index (κ1) is 18.0. The van der Waals surface area contributed by atoms with Crippen LogP contribution in [0.5, 0.6) is 5.75 Å².